The summed E-state index contributed by atoms with van der Waals surface area (Å²) < 4.78 is 4.82. The zero-order valence-corrected chi connectivity index (χ0v) is 11.0. The normalized spacial score (nSPS) is 17.9. The number of carbonyl (C=O) groups excluding carboxylic acids is 1. The van der Waals surface area contributed by atoms with E-state index in [1.807, 2.05) is 0 Å². The van der Waals surface area contributed by atoms with Crippen LogP contribution in [0.25, 0.3) is 0 Å². The Balaban J connectivity index is 2.32. The lowest BCUT2D eigenvalue weighted by molar-refractivity contribution is -0.727. The fourth-order valence-corrected chi connectivity index (χ4v) is 1.23. The Morgan fingerprint density at radius 2 is 2.00 bits per heavy atom. The first-order valence-electron chi connectivity index (χ1n) is 5.83. The van der Waals surface area contributed by atoms with Gasteiger partial charge in [-0.05, 0) is 0 Å². The molecule has 0 aromatic rings. The van der Waals surface area contributed by atoms with Gasteiger partial charge in [0.25, 0.3) is 6.29 Å². The van der Waals surface area contributed by atoms with Crippen LogP contribution in [0.4, 0.5) is 0 Å². The molecule has 1 aliphatic rings. The quantitative estimate of drug-likeness (QED) is 0.244. The Kier molecular flexibility index (Phi) is 4.90. The number of hydrogen-bond donors (Lipinski definition) is 1. The van der Waals surface area contributed by atoms with Crippen LogP contribution in [0.15, 0.2) is 5.28 Å². The highest BCUT2D eigenvalue weighted by Crippen LogP contribution is 2.15. The van der Waals surface area contributed by atoms with Crippen molar-refractivity contribution in [2.24, 2.45) is 17.1 Å². The third-order valence-electron chi connectivity index (χ3n) is 2.47. The van der Waals surface area contributed by atoms with Gasteiger partial charge in [0.05, 0.1) is 24.0 Å². The van der Waals surface area contributed by atoms with Crippen LogP contribution in [-0.2, 0) is 19.2 Å². The maximum Gasteiger partial charge on any atom is 0.311 e. The first-order chi connectivity index (χ1) is 8.81. The van der Waals surface area contributed by atoms with E-state index in [1.165, 1.54) is 6.92 Å². The van der Waals surface area contributed by atoms with Crippen LogP contribution in [0.1, 0.15) is 20.8 Å². The number of esters is 1. The predicted octanol–water partition coefficient (Wildman–Crippen LogP) is 0.357. The van der Waals surface area contributed by atoms with Crippen molar-refractivity contribution in [3.05, 3.63) is 5.21 Å². The van der Waals surface area contributed by atoms with Gasteiger partial charge in [-0.3, -0.25) is 14.4 Å². The van der Waals surface area contributed by atoms with E-state index in [0.29, 0.717) is 0 Å². The summed E-state index contributed by atoms with van der Waals surface area (Å²) in [5.74, 6) is -2.29. The zero-order valence-electron chi connectivity index (χ0n) is 11.0. The monoisotopic (exact) mass is 275 g/mol. The van der Waals surface area contributed by atoms with E-state index in [1.54, 1.807) is 13.8 Å². The van der Waals surface area contributed by atoms with Gasteiger partial charge >= 0.3 is 11.9 Å². The summed E-state index contributed by atoms with van der Waals surface area (Å²) in [6.45, 7) is 4.90. The van der Waals surface area contributed by atoms with Crippen molar-refractivity contribution in [3.8, 4) is 0 Å². The maximum absolute atomic E-state index is 11.3. The predicted molar refractivity (Wildman–Crippen MR) is 60.2 cm³/mol. The number of aliphatic carboxylic acids is 1. The number of carbonyl (C=O) groups is 2. The fraction of sp³-hybridized carbons (Fsp3) is 0.800. The molecule has 0 radical (unpaired) electrons. The Morgan fingerprint density at radius 3 is 2.47 bits per heavy atom. The number of hydrazine groups is 1. The lowest BCUT2D eigenvalue weighted by Crippen LogP contribution is -2.53. The third-order valence-corrected chi connectivity index (χ3v) is 2.47. The van der Waals surface area contributed by atoms with Gasteiger partial charge in [0.15, 0.2) is 0 Å². The molecular weight excluding hydrogens is 258 g/mol. The molecule has 1 saturated heterocycles. The van der Waals surface area contributed by atoms with Gasteiger partial charge in [-0.2, -0.15) is 0 Å². The molecule has 1 heterocycles. The van der Waals surface area contributed by atoms with Gasteiger partial charge in [-0.25, -0.2) is 0 Å². The van der Waals surface area contributed by atoms with Crippen molar-refractivity contribution < 1.29 is 29.2 Å². The van der Waals surface area contributed by atoms with Gasteiger partial charge < -0.3 is 15.1 Å². The standard InChI is InChI=1S/C10H17N3O6/c1-6(2)10(16)18-7(3)19-11-13(17)12-4-8(5-12)9(14)15/h6-8H,4-5H2,1-3H3,(H,14,15)/b13-11-. The zero-order chi connectivity index (χ0) is 14.6. The topological polar surface area (TPSA) is 114 Å². The summed E-state index contributed by atoms with van der Waals surface area (Å²) in [7, 11) is 0. The third kappa shape index (κ3) is 4.27. The van der Waals surface area contributed by atoms with Crippen molar-refractivity contribution in [2.45, 2.75) is 27.1 Å². The lowest BCUT2D eigenvalue weighted by atomic mass is 10.0. The smallest absolute Gasteiger partial charge is 0.311 e. The molecule has 0 spiro atoms. The molecule has 1 atom stereocenters. The summed E-state index contributed by atoms with van der Waals surface area (Å²) in [4.78, 5) is 26.6. The first-order valence-corrected chi connectivity index (χ1v) is 5.83. The van der Waals surface area contributed by atoms with Crippen molar-refractivity contribution in [2.75, 3.05) is 13.1 Å². The van der Waals surface area contributed by atoms with E-state index in [0.717, 1.165) is 5.01 Å². The molecule has 1 aliphatic heterocycles. The van der Waals surface area contributed by atoms with E-state index in [4.69, 9.17) is 9.84 Å². The molecular formula is C10H17N3O6. The second-order valence-electron chi connectivity index (χ2n) is 4.51. The molecule has 9 heteroatoms. The maximum atomic E-state index is 11.3. The minimum Gasteiger partial charge on any atom is -0.569 e. The molecule has 1 unspecified atom stereocenters. The average molecular weight is 275 g/mol. The van der Waals surface area contributed by atoms with Crippen LogP contribution in [0.5, 0.6) is 0 Å². The highest BCUT2D eigenvalue weighted by Gasteiger charge is 2.38. The van der Waals surface area contributed by atoms with Crippen molar-refractivity contribution in [1.82, 2.24) is 5.01 Å². The Labute approximate surface area is 109 Å². The number of carboxylic acids is 1. The van der Waals surface area contributed by atoms with Gasteiger partial charge in [-0.1, -0.05) is 13.8 Å². The first kappa shape index (κ1) is 15.0. The molecule has 1 fully saturated rings. The second kappa shape index (κ2) is 6.21. The number of hydrogen-bond acceptors (Lipinski definition) is 6. The molecule has 9 nitrogen and oxygen atoms in total. The van der Waals surface area contributed by atoms with Gasteiger partial charge in [0, 0.05) is 6.92 Å². The van der Waals surface area contributed by atoms with Gasteiger partial charge in [-0.15, -0.1) is 5.01 Å². The SMILES string of the molecule is CC(O/N=[N+](\[O-])N1CC(C(=O)O)C1)OC(=O)C(C)C. The summed E-state index contributed by atoms with van der Waals surface area (Å²) >= 11 is 0. The van der Waals surface area contributed by atoms with Crippen LogP contribution < -0.4 is 0 Å². The molecule has 0 saturated carbocycles. The number of ether oxygens (including phenoxy) is 1. The molecule has 1 N–H and O–H groups in total. The molecule has 0 bridgehead atoms. The average Bonchev–Trinajstić information content (AvgIpc) is 2.23. The Bertz CT molecular complexity index is 377. The minimum absolute atomic E-state index is 0.0753. The van der Waals surface area contributed by atoms with E-state index in [9.17, 15) is 14.8 Å². The molecule has 19 heavy (non-hydrogen) atoms. The number of rotatable bonds is 6. The van der Waals surface area contributed by atoms with E-state index in [2.05, 4.69) is 10.1 Å². The van der Waals surface area contributed by atoms with Crippen molar-refractivity contribution >= 4 is 11.9 Å². The van der Waals surface area contributed by atoms with Gasteiger partial charge in [0.1, 0.15) is 5.92 Å². The largest absolute Gasteiger partial charge is 0.569 e. The summed E-state index contributed by atoms with van der Waals surface area (Å²) in [6.07, 6.45) is -0.983. The highest BCUT2D eigenvalue weighted by molar-refractivity contribution is 5.71. The fourth-order valence-electron chi connectivity index (χ4n) is 1.23. The molecule has 0 aliphatic carbocycles. The van der Waals surface area contributed by atoms with Crippen LogP contribution in [0.3, 0.4) is 0 Å². The summed E-state index contributed by atoms with van der Waals surface area (Å²) in [5.41, 5.74) is 0. The second-order valence-corrected chi connectivity index (χ2v) is 4.51. The molecule has 1 rings (SSSR count). The van der Waals surface area contributed by atoms with Crippen LogP contribution in [0.2, 0.25) is 0 Å². The molecule has 0 aromatic heterocycles. The summed E-state index contributed by atoms with van der Waals surface area (Å²) in [6, 6.07) is 0. The summed E-state index contributed by atoms with van der Waals surface area (Å²) in [5, 5.41) is 24.3. The van der Waals surface area contributed by atoms with Crippen LogP contribution in [0, 0.1) is 17.0 Å². The molecule has 0 aromatic carbocycles. The van der Waals surface area contributed by atoms with E-state index < -0.39 is 24.1 Å². The molecule has 108 valence electrons. The van der Waals surface area contributed by atoms with Crippen LogP contribution >= 0.6 is 0 Å². The highest BCUT2D eigenvalue weighted by atomic mass is 16.8. The number of nitrogens with zero attached hydrogens (tertiary/aromatic N) is 3. The Hall–Kier alpha value is -2.06. The van der Waals surface area contributed by atoms with Crippen molar-refractivity contribution in [1.29, 1.82) is 0 Å². The van der Waals surface area contributed by atoms with Gasteiger partial charge in [0.2, 0.25) is 5.28 Å². The van der Waals surface area contributed by atoms with E-state index >= 15 is 0 Å². The van der Waals surface area contributed by atoms with E-state index in [-0.39, 0.29) is 24.0 Å². The minimum atomic E-state index is -0.983. The van der Waals surface area contributed by atoms with Crippen LogP contribution in [-0.4, -0.2) is 46.4 Å². The lowest BCUT2D eigenvalue weighted by Gasteiger charge is -2.31. The Morgan fingerprint density at radius 1 is 1.42 bits per heavy atom. The molecule has 0 amide bonds. The van der Waals surface area contributed by atoms with Crippen molar-refractivity contribution in [3.63, 3.8) is 0 Å². The number of carboxylic acid groups (broad SMARTS) is 1.